The zero-order chi connectivity index (χ0) is 13.5. The van der Waals surface area contributed by atoms with Gasteiger partial charge in [0.2, 0.25) is 5.91 Å². The van der Waals surface area contributed by atoms with Crippen LogP contribution >= 0.6 is 11.8 Å². The summed E-state index contributed by atoms with van der Waals surface area (Å²) in [7, 11) is 0. The second-order valence-electron chi connectivity index (χ2n) is 5.03. The van der Waals surface area contributed by atoms with Gasteiger partial charge in [-0.25, -0.2) is 0 Å². The van der Waals surface area contributed by atoms with Crippen molar-refractivity contribution in [2.45, 2.75) is 31.6 Å². The van der Waals surface area contributed by atoms with Crippen LogP contribution in [0.4, 0.5) is 0 Å². The van der Waals surface area contributed by atoms with Gasteiger partial charge in [0.15, 0.2) is 0 Å². The second-order valence-corrected chi connectivity index (χ2v) is 6.31. The average Bonchev–Trinajstić information content (AvgIpc) is 2.44. The number of carbonyl (C=O) groups is 1. The summed E-state index contributed by atoms with van der Waals surface area (Å²) in [6.45, 7) is 4.87. The molecule has 1 heterocycles. The summed E-state index contributed by atoms with van der Waals surface area (Å²) < 4.78 is 0. The molecule has 104 valence electrons. The molecule has 1 saturated heterocycles. The Morgan fingerprint density at radius 1 is 1.42 bits per heavy atom. The molecule has 0 saturated carbocycles. The minimum atomic E-state index is 0.144. The summed E-state index contributed by atoms with van der Waals surface area (Å²) in [5.41, 5.74) is 2.40. The van der Waals surface area contributed by atoms with E-state index in [-0.39, 0.29) is 5.91 Å². The largest absolute Gasteiger partial charge is 0.351 e. The Balaban J connectivity index is 1.66. The fourth-order valence-corrected chi connectivity index (χ4v) is 3.29. The quantitative estimate of drug-likeness (QED) is 0.866. The van der Waals surface area contributed by atoms with Crippen LogP contribution in [0.5, 0.6) is 0 Å². The lowest BCUT2D eigenvalue weighted by atomic mass is 10.1. The Kier molecular flexibility index (Phi) is 5.73. The van der Waals surface area contributed by atoms with Crippen molar-refractivity contribution in [2.24, 2.45) is 0 Å². The monoisotopic (exact) mass is 278 g/mol. The van der Waals surface area contributed by atoms with Gasteiger partial charge in [-0.15, -0.1) is 11.8 Å². The molecule has 0 unspecified atom stereocenters. The molecule has 0 spiro atoms. The van der Waals surface area contributed by atoms with Crippen molar-refractivity contribution in [2.75, 3.05) is 18.8 Å². The lowest BCUT2D eigenvalue weighted by molar-refractivity contribution is -0.118. The average molecular weight is 278 g/mol. The molecule has 1 aliphatic heterocycles. The van der Waals surface area contributed by atoms with Crippen LogP contribution < -0.4 is 10.6 Å². The highest BCUT2D eigenvalue weighted by Crippen LogP contribution is 2.19. The van der Waals surface area contributed by atoms with Gasteiger partial charge in [-0.05, 0) is 38.4 Å². The SMILES string of the molecule is Cc1cccc(CNC(=O)CSC2CCNCC2)c1. The molecule has 0 radical (unpaired) electrons. The fraction of sp³-hybridized carbons (Fsp3) is 0.533. The third-order valence-corrected chi connectivity index (χ3v) is 4.68. The van der Waals surface area contributed by atoms with Gasteiger partial charge in [0.05, 0.1) is 5.75 Å². The number of thioether (sulfide) groups is 1. The van der Waals surface area contributed by atoms with Gasteiger partial charge in [-0.1, -0.05) is 29.8 Å². The van der Waals surface area contributed by atoms with Crippen molar-refractivity contribution >= 4 is 17.7 Å². The number of amides is 1. The lowest BCUT2D eigenvalue weighted by Gasteiger charge is -2.21. The van der Waals surface area contributed by atoms with Crippen LogP contribution in [-0.4, -0.2) is 30.0 Å². The van der Waals surface area contributed by atoms with Crippen molar-refractivity contribution in [1.82, 2.24) is 10.6 Å². The highest BCUT2D eigenvalue weighted by molar-refractivity contribution is 8.00. The topological polar surface area (TPSA) is 41.1 Å². The van der Waals surface area contributed by atoms with Crippen LogP contribution in [-0.2, 0) is 11.3 Å². The third kappa shape index (κ3) is 5.25. The van der Waals surface area contributed by atoms with E-state index in [1.54, 1.807) is 11.8 Å². The zero-order valence-corrected chi connectivity index (χ0v) is 12.3. The summed E-state index contributed by atoms with van der Waals surface area (Å²) >= 11 is 1.79. The summed E-state index contributed by atoms with van der Waals surface area (Å²) in [6, 6.07) is 8.26. The number of rotatable bonds is 5. The van der Waals surface area contributed by atoms with E-state index < -0.39 is 0 Å². The van der Waals surface area contributed by atoms with E-state index in [0.29, 0.717) is 17.5 Å². The van der Waals surface area contributed by atoms with E-state index in [2.05, 4.69) is 29.7 Å². The maximum atomic E-state index is 11.8. The molecule has 0 aromatic heterocycles. The minimum Gasteiger partial charge on any atom is -0.351 e. The number of hydrogen-bond acceptors (Lipinski definition) is 3. The number of piperidine rings is 1. The molecule has 0 bridgehead atoms. The molecule has 0 aliphatic carbocycles. The van der Waals surface area contributed by atoms with Crippen LogP contribution in [0.2, 0.25) is 0 Å². The van der Waals surface area contributed by atoms with E-state index in [9.17, 15) is 4.79 Å². The van der Waals surface area contributed by atoms with Crippen molar-refractivity contribution < 1.29 is 4.79 Å². The van der Waals surface area contributed by atoms with Gasteiger partial charge in [0.1, 0.15) is 0 Å². The normalized spacial score (nSPS) is 16.3. The number of carbonyl (C=O) groups excluding carboxylic acids is 1. The molecule has 2 N–H and O–H groups in total. The van der Waals surface area contributed by atoms with E-state index >= 15 is 0 Å². The molecule has 19 heavy (non-hydrogen) atoms. The van der Waals surface area contributed by atoms with Gasteiger partial charge < -0.3 is 10.6 Å². The predicted octanol–water partition coefficient (Wildman–Crippen LogP) is 2.10. The summed E-state index contributed by atoms with van der Waals surface area (Å²) in [5.74, 6) is 0.723. The van der Waals surface area contributed by atoms with Gasteiger partial charge in [-0.3, -0.25) is 4.79 Å². The summed E-state index contributed by atoms with van der Waals surface area (Å²) in [4.78, 5) is 11.8. The Morgan fingerprint density at radius 2 is 2.21 bits per heavy atom. The molecule has 1 aromatic carbocycles. The number of aryl methyl sites for hydroxylation is 1. The van der Waals surface area contributed by atoms with Crippen LogP contribution in [0.15, 0.2) is 24.3 Å². The molecule has 4 heteroatoms. The van der Waals surface area contributed by atoms with Crippen LogP contribution in [0.25, 0.3) is 0 Å². The Labute approximate surface area is 119 Å². The van der Waals surface area contributed by atoms with E-state index in [1.807, 2.05) is 12.1 Å². The summed E-state index contributed by atoms with van der Waals surface area (Å²) in [5, 5.41) is 6.98. The van der Waals surface area contributed by atoms with Gasteiger partial charge in [-0.2, -0.15) is 0 Å². The van der Waals surface area contributed by atoms with E-state index in [0.717, 1.165) is 13.1 Å². The lowest BCUT2D eigenvalue weighted by Crippen LogP contribution is -2.31. The molecule has 1 fully saturated rings. The minimum absolute atomic E-state index is 0.144. The number of nitrogens with one attached hydrogen (secondary N) is 2. The van der Waals surface area contributed by atoms with E-state index in [4.69, 9.17) is 0 Å². The first-order chi connectivity index (χ1) is 9.24. The molecule has 1 aliphatic rings. The van der Waals surface area contributed by atoms with Crippen molar-refractivity contribution in [1.29, 1.82) is 0 Å². The smallest absolute Gasteiger partial charge is 0.230 e. The van der Waals surface area contributed by atoms with Gasteiger partial charge in [0.25, 0.3) is 0 Å². The molecular formula is C15H22N2OS. The molecular weight excluding hydrogens is 256 g/mol. The molecule has 2 rings (SSSR count). The standard InChI is InChI=1S/C15H22N2OS/c1-12-3-2-4-13(9-12)10-17-15(18)11-19-14-5-7-16-8-6-14/h2-4,9,14,16H,5-8,10-11H2,1H3,(H,17,18). The first-order valence-electron chi connectivity index (χ1n) is 6.88. The first kappa shape index (κ1) is 14.4. The zero-order valence-electron chi connectivity index (χ0n) is 11.4. The molecule has 0 atom stereocenters. The fourth-order valence-electron chi connectivity index (χ4n) is 2.23. The van der Waals surface area contributed by atoms with Gasteiger partial charge in [0, 0.05) is 11.8 Å². The van der Waals surface area contributed by atoms with Crippen molar-refractivity contribution in [3.05, 3.63) is 35.4 Å². The van der Waals surface area contributed by atoms with Crippen LogP contribution in [0, 0.1) is 6.92 Å². The maximum absolute atomic E-state index is 11.8. The number of benzene rings is 1. The second kappa shape index (κ2) is 7.56. The van der Waals surface area contributed by atoms with Crippen molar-refractivity contribution in [3.8, 4) is 0 Å². The van der Waals surface area contributed by atoms with Crippen molar-refractivity contribution in [3.63, 3.8) is 0 Å². The summed E-state index contributed by atoms with van der Waals surface area (Å²) in [6.07, 6.45) is 2.35. The molecule has 1 amide bonds. The Morgan fingerprint density at radius 3 is 2.95 bits per heavy atom. The third-order valence-electron chi connectivity index (χ3n) is 3.31. The van der Waals surface area contributed by atoms with Gasteiger partial charge >= 0.3 is 0 Å². The Hall–Kier alpha value is -1.00. The Bertz CT molecular complexity index is 416. The first-order valence-corrected chi connectivity index (χ1v) is 7.93. The van der Waals surface area contributed by atoms with E-state index in [1.165, 1.54) is 24.0 Å². The molecule has 3 nitrogen and oxygen atoms in total. The predicted molar refractivity (Wildman–Crippen MR) is 81.4 cm³/mol. The maximum Gasteiger partial charge on any atom is 0.230 e. The molecule has 1 aromatic rings. The van der Waals surface area contributed by atoms with Crippen LogP contribution in [0.1, 0.15) is 24.0 Å². The highest BCUT2D eigenvalue weighted by atomic mass is 32.2. The highest BCUT2D eigenvalue weighted by Gasteiger charge is 2.14. The number of hydrogen-bond donors (Lipinski definition) is 2. The van der Waals surface area contributed by atoms with Crippen LogP contribution in [0.3, 0.4) is 0 Å².